The molecule has 4 heteroatoms. The van der Waals surface area contributed by atoms with Crippen LogP contribution in [0.2, 0.25) is 0 Å². The lowest BCUT2D eigenvalue weighted by Gasteiger charge is -2.27. The summed E-state index contributed by atoms with van der Waals surface area (Å²) in [5, 5.41) is 0. The molecule has 0 fully saturated rings. The third-order valence-electron chi connectivity index (χ3n) is 4.91. The Balaban J connectivity index is 1.77. The maximum Gasteiger partial charge on any atom is 0.264 e. The van der Waals surface area contributed by atoms with Crippen LogP contribution in [0.3, 0.4) is 0 Å². The van der Waals surface area contributed by atoms with E-state index in [4.69, 9.17) is 0 Å². The van der Waals surface area contributed by atoms with Crippen molar-refractivity contribution in [3.8, 4) is 0 Å². The Morgan fingerprint density at radius 2 is 1.54 bits per heavy atom. The van der Waals surface area contributed by atoms with Crippen LogP contribution >= 0.6 is 0 Å². The van der Waals surface area contributed by atoms with Crippen molar-refractivity contribution in [2.24, 2.45) is 0 Å². The fraction of sp³-hybridized carbons (Fsp3) is 0.182. The molecule has 0 N–H and O–H groups in total. The average Bonchev–Trinajstić information content (AvgIpc) is 3.01. The Hall–Kier alpha value is -2.59. The lowest BCUT2D eigenvalue weighted by Crippen LogP contribution is -2.39. The molecule has 132 valence electrons. The Kier molecular flexibility index (Phi) is 4.29. The molecule has 3 nitrogen and oxygen atoms in total. The predicted octanol–water partition coefficient (Wildman–Crippen LogP) is 4.36. The van der Waals surface area contributed by atoms with Crippen LogP contribution in [0.5, 0.6) is 0 Å². The quantitative estimate of drug-likeness (QED) is 0.691. The van der Waals surface area contributed by atoms with E-state index in [2.05, 4.69) is 12.1 Å². The number of para-hydroxylation sites is 1. The van der Waals surface area contributed by atoms with Crippen LogP contribution in [0.1, 0.15) is 16.7 Å². The zero-order valence-corrected chi connectivity index (χ0v) is 15.5. The van der Waals surface area contributed by atoms with Gasteiger partial charge in [0.2, 0.25) is 0 Å². The summed E-state index contributed by atoms with van der Waals surface area (Å²) in [5.41, 5.74) is 4.08. The number of nitrogens with zero attached hydrogens (tertiary/aromatic N) is 1. The van der Waals surface area contributed by atoms with Crippen LogP contribution < -0.4 is 4.31 Å². The first-order chi connectivity index (χ1) is 12.6. The zero-order valence-electron chi connectivity index (χ0n) is 14.7. The van der Waals surface area contributed by atoms with Gasteiger partial charge in [-0.3, -0.25) is 4.31 Å². The second-order valence-corrected chi connectivity index (χ2v) is 8.61. The molecule has 0 bridgehead atoms. The Bertz CT molecular complexity index is 1010. The van der Waals surface area contributed by atoms with Gasteiger partial charge in [0.15, 0.2) is 0 Å². The topological polar surface area (TPSA) is 37.4 Å². The van der Waals surface area contributed by atoms with Crippen LogP contribution in [-0.4, -0.2) is 14.5 Å². The molecule has 0 spiro atoms. The summed E-state index contributed by atoms with van der Waals surface area (Å²) in [5.74, 6) is 0. The van der Waals surface area contributed by atoms with Gasteiger partial charge in [0.1, 0.15) is 0 Å². The van der Waals surface area contributed by atoms with Gasteiger partial charge >= 0.3 is 0 Å². The standard InChI is InChI=1S/C22H21NO2S/c1-17-11-13-21(14-12-17)26(24,25)23-20(15-18-7-3-2-4-8-18)16-19-9-5-6-10-22(19)23/h2-14,20H,15-16H2,1H3. The molecule has 0 saturated carbocycles. The van der Waals surface area contributed by atoms with Gasteiger partial charge in [0, 0.05) is 0 Å². The minimum absolute atomic E-state index is 0.110. The van der Waals surface area contributed by atoms with Gasteiger partial charge in [0.25, 0.3) is 10.0 Å². The average molecular weight is 363 g/mol. The van der Waals surface area contributed by atoms with Crippen molar-refractivity contribution < 1.29 is 8.42 Å². The molecule has 1 unspecified atom stereocenters. The number of sulfonamides is 1. The van der Waals surface area contributed by atoms with E-state index in [1.54, 1.807) is 16.4 Å². The summed E-state index contributed by atoms with van der Waals surface area (Å²) in [6.45, 7) is 1.96. The zero-order chi connectivity index (χ0) is 18.1. The minimum atomic E-state index is -3.60. The van der Waals surface area contributed by atoms with E-state index < -0.39 is 10.0 Å². The number of aryl methyl sites for hydroxylation is 1. The fourth-order valence-corrected chi connectivity index (χ4v) is 5.31. The van der Waals surface area contributed by atoms with Gasteiger partial charge in [-0.25, -0.2) is 8.42 Å². The van der Waals surface area contributed by atoms with Crippen LogP contribution in [0.4, 0.5) is 5.69 Å². The van der Waals surface area contributed by atoms with E-state index in [-0.39, 0.29) is 6.04 Å². The van der Waals surface area contributed by atoms with Gasteiger partial charge in [0.05, 0.1) is 16.6 Å². The highest BCUT2D eigenvalue weighted by Gasteiger charge is 2.38. The normalized spacial score (nSPS) is 16.5. The number of hydrogen-bond donors (Lipinski definition) is 0. The van der Waals surface area contributed by atoms with Gasteiger partial charge in [-0.1, -0.05) is 66.2 Å². The van der Waals surface area contributed by atoms with Crippen LogP contribution in [0.25, 0.3) is 0 Å². The number of anilines is 1. The molecule has 0 aromatic heterocycles. The van der Waals surface area contributed by atoms with Gasteiger partial charge in [-0.2, -0.15) is 0 Å². The molecule has 1 atom stereocenters. The molecular weight excluding hydrogens is 342 g/mol. The number of benzene rings is 3. The van der Waals surface area contributed by atoms with Crippen molar-refractivity contribution in [3.05, 3.63) is 95.6 Å². The van der Waals surface area contributed by atoms with Crippen molar-refractivity contribution in [2.45, 2.75) is 30.7 Å². The summed E-state index contributed by atoms with van der Waals surface area (Å²) < 4.78 is 28.5. The highest BCUT2D eigenvalue weighted by atomic mass is 32.2. The van der Waals surface area contributed by atoms with Crippen molar-refractivity contribution in [1.29, 1.82) is 0 Å². The summed E-state index contributed by atoms with van der Waals surface area (Å²) in [7, 11) is -3.60. The lowest BCUT2D eigenvalue weighted by atomic mass is 10.0. The van der Waals surface area contributed by atoms with Crippen LogP contribution in [-0.2, 0) is 22.9 Å². The molecular formula is C22H21NO2S. The second-order valence-electron chi connectivity index (χ2n) is 6.79. The van der Waals surface area contributed by atoms with E-state index >= 15 is 0 Å². The van der Waals surface area contributed by atoms with E-state index in [0.29, 0.717) is 11.3 Å². The van der Waals surface area contributed by atoms with E-state index in [1.165, 1.54) is 0 Å². The molecule has 26 heavy (non-hydrogen) atoms. The van der Waals surface area contributed by atoms with E-state index in [9.17, 15) is 8.42 Å². The maximum absolute atomic E-state index is 13.4. The third kappa shape index (κ3) is 3.01. The molecule has 0 radical (unpaired) electrons. The van der Waals surface area contributed by atoms with Crippen molar-refractivity contribution in [2.75, 3.05) is 4.31 Å². The molecule has 1 heterocycles. The molecule has 3 aromatic carbocycles. The minimum Gasteiger partial charge on any atom is -0.262 e. The molecule has 0 aliphatic carbocycles. The summed E-state index contributed by atoms with van der Waals surface area (Å²) in [4.78, 5) is 0.345. The number of fused-ring (bicyclic) bond motifs is 1. The van der Waals surface area contributed by atoms with Gasteiger partial charge < -0.3 is 0 Å². The van der Waals surface area contributed by atoms with E-state index in [0.717, 1.165) is 28.8 Å². The molecule has 0 amide bonds. The first-order valence-corrected chi connectivity index (χ1v) is 10.2. The van der Waals surface area contributed by atoms with Crippen molar-refractivity contribution in [1.82, 2.24) is 0 Å². The molecule has 1 aliphatic heterocycles. The van der Waals surface area contributed by atoms with Crippen molar-refractivity contribution >= 4 is 15.7 Å². The highest BCUT2D eigenvalue weighted by Crippen LogP contribution is 2.37. The Morgan fingerprint density at radius 1 is 0.885 bits per heavy atom. The van der Waals surface area contributed by atoms with Crippen LogP contribution in [0.15, 0.2) is 83.8 Å². The lowest BCUT2D eigenvalue weighted by molar-refractivity contribution is 0.578. The Labute approximate surface area is 155 Å². The highest BCUT2D eigenvalue weighted by molar-refractivity contribution is 7.92. The second kappa shape index (κ2) is 6.61. The summed E-state index contributed by atoms with van der Waals surface area (Å²) >= 11 is 0. The predicted molar refractivity (Wildman–Crippen MR) is 105 cm³/mol. The monoisotopic (exact) mass is 363 g/mol. The first-order valence-electron chi connectivity index (χ1n) is 8.78. The summed E-state index contributed by atoms with van der Waals surface area (Å²) in [6.07, 6.45) is 1.43. The Morgan fingerprint density at radius 3 is 2.27 bits per heavy atom. The molecule has 3 aromatic rings. The first kappa shape index (κ1) is 16.9. The fourth-order valence-electron chi connectivity index (χ4n) is 3.62. The summed E-state index contributed by atoms with van der Waals surface area (Å²) in [6, 6.07) is 24.9. The molecule has 1 aliphatic rings. The number of rotatable bonds is 4. The van der Waals surface area contributed by atoms with Crippen molar-refractivity contribution in [3.63, 3.8) is 0 Å². The van der Waals surface area contributed by atoms with E-state index in [1.807, 2.05) is 61.5 Å². The van der Waals surface area contributed by atoms with Gasteiger partial charge in [-0.05, 0) is 49.1 Å². The van der Waals surface area contributed by atoms with Gasteiger partial charge in [-0.15, -0.1) is 0 Å². The third-order valence-corrected chi connectivity index (χ3v) is 6.79. The van der Waals surface area contributed by atoms with Crippen LogP contribution in [0, 0.1) is 6.92 Å². The molecule has 0 saturated heterocycles. The number of hydrogen-bond acceptors (Lipinski definition) is 2. The largest absolute Gasteiger partial charge is 0.264 e. The smallest absolute Gasteiger partial charge is 0.262 e. The maximum atomic E-state index is 13.4. The SMILES string of the molecule is Cc1ccc(S(=O)(=O)N2c3ccccc3CC2Cc2ccccc2)cc1. The molecule has 4 rings (SSSR count).